The second kappa shape index (κ2) is 8.02. The van der Waals surface area contributed by atoms with Gasteiger partial charge in [0, 0.05) is 35.6 Å². The van der Waals surface area contributed by atoms with E-state index in [1.807, 2.05) is 68.2 Å². The predicted octanol–water partition coefficient (Wildman–Crippen LogP) is 3.13. The van der Waals surface area contributed by atoms with Crippen LogP contribution < -0.4 is 16.2 Å². The average molecular weight is 371 g/mol. The van der Waals surface area contributed by atoms with E-state index in [4.69, 9.17) is 4.98 Å². The van der Waals surface area contributed by atoms with Crippen molar-refractivity contribution >= 4 is 22.4 Å². The Labute approximate surface area is 164 Å². The van der Waals surface area contributed by atoms with E-state index in [1.165, 1.54) is 5.56 Å². The standard InChI is InChI=1S/C22H22N6/c1-15-5-7-18(14-25-15)20-9-10-21(28-23-2)22(27-20)26-13-16-6-8-19-17(12-16)4-3-11-24-19/h3-12,14,23,28H,13H2,1-2H3,(H,26,27)/p+1. The Morgan fingerprint density at radius 2 is 1.93 bits per heavy atom. The summed E-state index contributed by atoms with van der Waals surface area (Å²) in [6, 6.07) is 18.4. The lowest BCUT2D eigenvalue weighted by atomic mass is 10.1. The average Bonchev–Trinajstić information content (AvgIpc) is 2.73. The predicted molar refractivity (Wildman–Crippen MR) is 113 cm³/mol. The molecule has 140 valence electrons. The van der Waals surface area contributed by atoms with Gasteiger partial charge in [-0.15, -0.1) is 0 Å². The van der Waals surface area contributed by atoms with Crippen molar-refractivity contribution in [3.05, 3.63) is 78.2 Å². The minimum Gasteiger partial charge on any atom is -0.364 e. The topological polar surface area (TPSA) is 79.3 Å². The van der Waals surface area contributed by atoms with E-state index < -0.39 is 0 Å². The molecule has 3 heterocycles. The lowest BCUT2D eigenvalue weighted by molar-refractivity contribution is -0.596. The highest BCUT2D eigenvalue weighted by Crippen LogP contribution is 2.25. The highest BCUT2D eigenvalue weighted by molar-refractivity contribution is 5.79. The third-order valence-electron chi connectivity index (χ3n) is 4.53. The van der Waals surface area contributed by atoms with Crippen molar-refractivity contribution in [2.45, 2.75) is 13.5 Å². The first-order valence-electron chi connectivity index (χ1n) is 9.29. The zero-order valence-electron chi connectivity index (χ0n) is 16.0. The minimum atomic E-state index is 0.672. The van der Waals surface area contributed by atoms with Gasteiger partial charge in [-0.3, -0.25) is 9.97 Å². The van der Waals surface area contributed by atoms with Crippen molar-refractivity contribution in [1.82, 2.24) is 15.0 Å². The van der Waals surface area contributed by atoms with Gasteiger partial charge in [0.2, 0.25) is 0 Å². The Bertz CT molecular complexity index is 1090. The molecular weight excluding hydrogens is 348 g/mol. The molecule has 0 radical (unpaired) electrons. The maximum Gasteiger partial charge on any atom is 0.155 e. The number of aryl methyl sites for hydroxylation is 1. The number of hydrogen-bond acceptors (Lipinski definition) is 5. The van der Waals surface area contributed by atoms with Crippen molar-refractivity contribution in [3.63, 3.8) is 0 Å². The quantitative estimate of drug-likeness (QED) is 0.358. The zero-order chi connectivity index (χ0) is 19.3. The van der Waals surface area contributed by atoms with Gasteiger partial charge in [0.25, 0.3) is 0 Å². The van der Waals surface area contributed by atoms with Crippen LogP contribution in [0.5, 0.6) is 0 Å². The van der Waals surface area contributed by atoms with Gasteiger partial charge in [0.05, 0.1) is 18.3 Å². The van der Waals surface area contributed by atoms with Gasteiger partial charge in [-0.2, -0.15) is 0 Å². The maximum atomic E-state index is 4.82. The number of benzene rings is 1. The van der Waals surface area contributed by atoms with Crippen LogP contribution in [0.2, 0.25) is 0 Å². The largest absolute Gasteiger partial charge is 0.364 e. The fourth-order valence-corrected chi connectivity index (χ4v) is 3.07. The molecule has 0 amide bonds. The van der Waals surface area contributed by atoms with Crippen molar-refractivity contribution < 1.29 is 5.43 Å². The van der Waals surface area contributed by atoms with E-state index in [-0.39, 0.29) is 0 Å². The van der Waals surface area contributed by atoms with E-state index in [2.05, 4.69) is 38.9 Å². The van der Waals surface area contributed by atoms with Crippen molar-refractivity contribution in [1.29, 1.82) is 0 Å². The van der Waals surface area contributed by atoms with E-state index >= 15 is 0 Å². The van der Waals surface area contributed by atoms with Gasteiger partial charge in [0.1, 0.15) is 5.69 Å². The molecule has 1 aromatic carbocycles. The molecule has 0 unspecified atom stereocenters. The Morgan fingerprint density at radius 3 is 2.75 bits per heavy atom. The molecule has 3 aromatic heterocycles. The second-order valence-corrected chi connectivity index (χ2v) is 6.60. The number of anilines is 2. The molecule has 0 aliphatic heterocycles. The van der Waals surface area contributed by atoms with Crippen LogP contribution in [-0.2, 0) is 6.54 Å². The molecule has 0 aliphatic rings. The van der Waals surface area contributed by atoms with Crippen LogP contribution >= 0.6 is 0 Å². The third kappa shape index (κ3) is 3.92. The Kier molecular flexibility index (Phi) is 5.12. The second-order valence-electron chi connectivity index (χ2n) is 6.60. The van der Waals surface area contributed by atoms with E-state index in [0.29, 0.717) is 6.54 Å². The Morgan fingerprint density at radius 1 is 1.00 bits per heavy atom. The van der Waals surface area contributed by atoms with E-state index in [9.17, 15) is 0 Å². The summed E-state index contributed by atoms with van der Waals surface area (Å²) < 4.78 is 0. The summed E-state index contributed by atoms with van der Waals surface area (Å²) in [6.07, 6.45) is 3.67. The number of nitrogen functional groups attached to an aromatic ring is 1. The van der Waals surface area contributed by atoms with Crippen LogP contribution in [-0.4, -0.2) is 22.0 Å². The SMILES string of the molecule is C[NH2+]Nc1ccc(-c2ccc(C)nc2)nc1NCc1ccc2ncccc2c1. The van der Waals surface area contributed by atoms with Crippen LogP contribution in [0.1, 0.15) is 11.3 Å². The van der Waals surface area contributed by atoms with Crippen LogP contribution in [0, 0.1) is 6.92 Å². The molecule has 4 aromatic rings. The number of nitrogens with two attached hydrogens (primary N) is 1. The number of rotatable bonds is 6. The van der Waals surface area contributed by atoms with Crippen LogP contribution in [0.3, 0.4) is 0 Å². The molecule has 0 aliphatic carbocycles. The molecule has 28 heavy (non-hydrogen) atoms. The van der Waals surface area contributed by atoms with Gasteiger partial charge in [-0.1, -0.05) is 12.1 Å². The highest BCUT2D eigenvalue weighted by atomic mass is 15.3. The number of fused-ring (bicyclic) bond motifs is 1. The first kappa shape index (κ1) is 17.9. The fraction of sp³-hybridized carbons (Fsp3) is 0.136. The molecule has 0 saturated heterocycles. The molecule has 6 nitrogen and oxygen atoms in total. The molecule has 0 fully saturated rings. The Balaban J connectivity index is 1.60. The summed E-state index contributed by atoms with van der Waals surface area (Å²) >= 11 is 0. The molecule has 0 saturated carbocycles. The lowest BCUT2D eigenvalue weighted by Crippen LogP contribution is -2.84. The fourth-order valence-electron chi connectivity index (χ4n) is 3.07. The number of pyridine rings is 3. The summed E-state index contributed by atoms with van der Waals surface area (Å²) in [5, 5.41) is 4.60. The first-order valence-corrected chi connectivity index (χ1v) is 9.29. The molecule has 0 bridgehead atoms. The molecule has 4 rings (SSSR count). The smallest absolute Gasteiger partial charge is 0.155 e. The number of aromatic nitrogens is 3. The monoisotopic (exact) mass is 371 g/mol. The summed E-state index contributed by atoms with van der Waals surface area (Å²) in [5.41, 5.74) is 11.1. The zero-order valence-corrected chi connectivity index (χ0v) is 16.0. The molecule has 0 spiro atoms. The van der Waals surface area contributed by atoms with Gasteiger partial charge < -0.3 is 5.32 Å². The van der Waals surface area contributed by atoms with Gasteiger partial charge in [-0.25, -0.2) is 15.8 Å². The minimum absolute atomic E-state index is 0.672. The first-order chi connectivity index (χ1) is 13.7. The number of nitrogens with one attached hydrogen (secondary N) is 2. The molecule has 6 heteroatoms. The molecule has 4 N–H and O–H groups in total. The van der Waals surface area contributed by atoms with Crippen molar-refractivity contribution in [2.24, 2.45) is 0 Å². The lowest BCUT2D eigenvalue weighted by Gasteiger charge is -2.13. The van der Waals surface area contributed by atoms with Crippen LogP contribution in [0.25, 0.3) is 22.2 Å². The third-order valence-corrected chi connectivity index (χ3v) is 4.53. The summed E-state index contributed by atoms with van der Waals surface area (Å²) in [7, 11) is 1.96. The highest BCUT2D eigenvalue weighted by Gasteiger charge is 2.09. The summed E-state index contributed by atoms with van der Waals surface area (Å²) in [6.45, 7) is 2.65. The van der Waals surface area contributed by atoms with Gasteiger partial charge >= 0.3 is 0 Å². The van der Waals surface area contributed by atoms with E-state index in [0.717, 1.165) is 39.4 Å². The van der Waals surface area contributed by atoms with Crippen LogP contribution in [0.4, 0.5) is 11.5 Å². The number of hydrogen-bond donors (Lipinski definition) is 3. The molecule has 0 atom stereocenters. The maximum absolute atomic E-state index is 4.82. The van der Waals surface area contributed by atoms with Crippen LogP contribution in [0.15, 0.2) is 67.0 Å². The van der Waals surface area contributed by atoms with Crippen molar-refractivity contribution in [3.8, 4) is 11.3 Å². The van der Waals surface area contributed by atoms with Gasteiger partial charge in [0.15, 0.2) is 5.82 Å². The normalized spacial score (nSPS) is 10.8. The summed E-state index contributed by atoms with van der Waals surface area (Å²) in [4.78, 5) is 13.6. The molecular formula is C22H23N6+. The Hall–Kier alpha value is -3.51. The number of quaternary nitrogens is 1. The van der Waals surface area contributed by atoms with Gasteiger partial charge in [-0.05, 0) is 55.0 Å². The van der Waals surface area contributed by atoms with E-state index in [1.54, 1.807) is 0 Å². The van der Waals surface area contributed by atoms with Crippen molar-refractivity contribution in [2.75, 3.05) is 17.8 Å². The number of nitrogens with zero attached hydrogens (tertiary/aromatic N) is 3. The summed E-state index contributed by atoms with van der Waals surface area (Å²) in [5.74, 6) is 0.808.